The molecule has 0 fully saturated rings. The van der Waals surface area contributed by atoms with Crippen molar-refractivity contribution in [3.8, 4) is 5.69 Å². The van der Waals surface area contributed by atoms with Crippen LogP contribution >= 0.6 is 0 Å². The minimum Gasteiger partial charge on any atom is -0.392 e. The molecule has 8 nitrogen and oxygen atoms in total. The van der Waals surface area contributed by atoms with Gasteiger partial charge < -0.3 is 14.6 Å². The summed E-state index contributed by atoms with van der Waals surface area (Å²) in [5.74, 6) is -0.355. The Labute approximate surface area is 139 Å². The third-order valence-corrected chi connectivity index (χ3v) is 3.55. The molecule has 1 aromatic heterocycles. The number of amides is 1. The van der Waals surface area contributed by atoms with Gasteiger partial charge in [-0.1, -0.05) is 0 Å². The van der Waals surface area contributed by atoms with Gasteiger partial charge in [-0.05, 0) is 32.9 Å². The smallest absolute Gasteiger partial charge is 0.294 e. The van der Waals surface area contributed by atoms with Crippen molar-refractivity contribution >= 4 is 11.6 Å². The summed E-state index contributed by atoms with van der Waals surface area (Å²) in [6.45, 7) is 5.41. The lowest BCUT2D eigenvalue weighted by molar-refractivity contribution is -0.384. The Morgan fingerprint density at radius 2 is 2.12 bits per heavy atom. The van der Waals surface area contributed by atoms with E-state index in [4.69, 9.17) is 0 Å². The van der Waals surface area contributed by atoms with E-state index in [9.17, 15) is 20.0 Å². The summed E-state index contributed by atoms with van der Waals surface area (Å²) in [7, 11) is 0. The van der Waals surface area contributed by atoms with E-state index in [1.165, 1.54) is 34.1 Å². The first-order valence-electron chi connectivity index (χ1n) is 7.57. The van der Waals surface area contributed by atoms with Gasteiger partial charge in [0.2, 0.25) is 0 Å². The van der Waals surface area contributed by atoms with Crippen molar-refractivity contribution in [1.82, 2.24) is 14.5 Å². The molecule has 1 unspecified atom stereocenters. The molecule has 0 bridgehead atoms. The molecule has 0 radical (unpaired) electrons. The van der Waals surface area contributed by atoms with Gasteiger partial charge in [-0.2, -0.15) is 0 Å². The van der Waals surface area contributed by atoms with Gasteiger partial charge in [-0.25, -0.2) is 4.98 Å². The highest BCUT2D eigenvalue weighted by atomic mass is 16.6. The topological polar surface area (TPSA) is 102 Å². The first-order chi connectivity index (χ1) is 11.3. The monoisotopic (exact) mass is 332 g/mol. The molecule has 128 valence electrons. The summed E-state index contributed by atoms with van der Waals surface area (Å²) in [5, 5.41) is 20.9. The molecule has 1 aromatic carbocycles. The molecule has 0 saturated heterocycles. The molecule has 24 heavy (non-hydrogen) atoms. The van der Waals surface area contributed by atoms with Gasteiger partial charge in [0, 0.05) is 36.6 Å². The molecular weight excluding hydrogens is 312 g/mol. The van der Waals surface area contributed by atoms with Crippen LogP contribution in [0.2, 0.25) is 0 Å². The zero-order valence-electron chi connectivity index (χ0n) is 13.8. The second-order valence-corrected chi connectivity index (χ2v) is 5.83. The lowest BCUT2D eigenvalue weighted by Gasteiger charge is -2.28. The Kier molecular flexibility index (Phi) is 5.30. The SMILES string of the molecule is CC(O)CN(C(=O)c1ccc(-n2ccnc2)c([N+](=O)[O-])c1)C(C)C. The number of hydrogen-bond donors (Lipinski definition) is 1. The van der Waals surface area contributed by atoms with Crippen LogP contribution < -0.4 is 0 Å². The number of nitro benzene ring substituents is 1. The zero-order valence-corrected chi connectivity index (χ0v) is 13.8. The van der Waals surface area contributed by atoms with Gasteiger partial charge in [0.05, 0.1) is 17.4 Å². The van der Waals surface area contributed by atoms with Crippen molar-refractivity contribution in [1.29, 1.82) is 0 Å². The maximum atomic E-state index is 12.7. The number of aromatic nitrogens is 2. The number of imidazole rings is 1. The van der Waals surface area contributed by atoms with E-state index >= 15 is 0 Å². The fourth-order valence-electron chi connectivity index (χ4n) is 2.40. The quantitative estimate of drug-likeness (QED) is 0.644. The second-order valence-electron chi connectivity index (χ2n) is 5.83. The fraction of sp³-hybridized carbons (Fsp3) is 0.375. The summed E-state index contributed by atoms with van der Waals surface area (Å²) in [4.78, 5) is 28.9. The third-order valence-electron chi connectivity index (χ3n) is 3.55. The van der Waals surface area contributed by atoms with Crippen molar-refractivity contribution in [2.75, 3.05) is 6.54 Å². The predicted molar refractivity (Wildman–Crippen MR) is 88.1 cm³/mol. The van der Waals surface area contributed by atoms with Crippen LogP contribution in [0, 0.1) is 10.1 Å². The normalized spacial score (nSPS) is 12.2. The van der Waals surface area contributed by atoms with Gasteiger partial charge in [0.25, 0.3) is 11.6 Å². The number of carbonyl (C=O) groups excluding carboxylic acids is 1. The first-order valence-corrected chi connectivity index (χ1v) is 7.57. The van der Waals surface area contributed by atoms with Crippen molar-refractivity contribution in [2.45, 2.75) is 32.9 Å². The largest absolute Gasteiger partial charge is 0.392 e. The second kappa shape index (κ2) is 7.22. The molecule has 0 aliphatic heterocycles. The minimum absolute atomic E-state index is 0.139. The Morgan fingerprint density at radius 1 is 1.42 bits per heavy atom. The van der Waals surface area contributed by atoms with E-state index in [1.807, 2.05) is 13.8 Å². The molecule has 0 saturated carbocycles. The number of aliphatic hydroxyl groups is 1. The van der Waals surface area contributed by atoms with E-state index in [1.54, 1.807) is 19.2 Å². The fourth-order valence-corrected chi connectivity index (χ4v) is 2.40. The molecule has 0 spiro atoms. The Balaban J connectivity index is 2.42. The number of rotatable bonds is 6. The van der Waals surface area contributed by atoms with Crippen LogP contribution in [0.5, 0.6) is 0 Å². The summed E-state index contributed by atoms with van der Waals surface area (Å²) < 4.78 is 1.52. The highest BCUT2D eigenvalue weighted by molar-refractivity contribution is 5.95. The van der Waals surface area contributed by atoms with Crippen molar-refractivity contribution in [3.05, 3.63) is 52.6 Å². The Bertz CT molecular complexity index is 726. The summed E-state index contributed by atoms with van der Waals surface area (Å²) in [6, 6.07) is 4.19. The van der Waals surface area contributed by atoms with Gasteiger partial charge >= 0.3 is 0 Å². The first kappa shape index (κ1) is 17.6. The van der Waals surface area contributed by atoms with Crippen molar-refractivity contribution < 1.29 is 14.8 Å². The van der Waals surface area contributed by atoms with Crippen LogP contribution in [0.4, 0.5) is 5.69 Å². The summed E-state index contributed by atoms with van der Waals surface area (Å²) in [5.41, 5.74) is 0.361. The van der Waals surface area contributed by atoms with E-state index in [2.05, 4.69) is 4.98 Å². The van der Waals surface area contributed by atoms with E-state index in [0.29, 0.717) is 5.69 Å². The van der Waals surface area contributed by atoms with E-state index in [0.717, 1.165) is 0 Å². The molecule has 2 rings (SSSR count). The zero-order chi connectivity index (χ0) is 17.9. The van der Waals surface area contributed by atoms with Gasteiger partial charge in [0.1, 0.15) is 5.69 Å². The molecule has 1 heterocycles. The van der Waals surface area contributed by atoms with Crippen LogP contribution in [0.15, 0.2) is 36.9 Å². The van der Waals surface area contributed by atoms with Gasteiger partial charge in [0.15, 0.2) is 0 Å². The van der Waals surface area contributed by atoms with E-state index < -0.39 is 11.0 Å². The van der Waals surface area contributed by atoms with Crippen LogP contribution in [0.1, 0.15) is 31.1 Å². The molecule has 1 atom stereocenters. The molecule has 0 aliphatic carbocycles. The number of nitrogens with zero attached hydrogens (tertiary/aromatic N) is 4. The number of aliphatic hydroxyl groups excluding tert-OH is 1. The predicted octanol–water partition coefficient (Wildman–Crippen LogP) is 2.01. The third kappa shape index (κ3) is 3.77. The molecule has 1 amide bonds. The minimum atomic E-state index is -0.684. The highest BCUT2D eigenvalue weighted by Gasteiger charge is 2.24. The standard InChI is InChI=1S/C16H20N4O4/c1-11(2)19(9-12(3)21)16(22)13-4-5-14(15(8-13)20(23)24)18-7-6-17-10-18/h4-8,10-12,21H,9H2,1-3H3. The van der Waals surface area contributed by atoms with Gasteiger partial charge in [-0.15, -0.1) is 0 Å². The van der Waals surface area contributed by atoms with Crippen LogP contribution in [-0.2, 0) is 0 Å². The summed E-state index contributed by atoms with van der Waals surface area (Å²) >= 11 is 0. The lowest BCUT2D eigenvalue weighted by atomic mass is 10.1. The average Bonchev–Trinajstić information content (AvgIpc) is 3.05. The Morgan fingerprint density at radius 3 is 2.62 bits per heavy atom. The van der Waals surface area contributed by atoms with E-state index in [-0.39, 0.29) is 29.7 Å². The van der Waals surface area contributed by atoms with Crippen LogP contribution in [-0.4, -0.2) is 49.1 Å². The highest BCUT2D eigenvalue weighted by Crippen LogP contribution is 2.25. The number of carbonyl (C=O) groups is 1. The molecule has 0 aliphatic rings. The molecular formula is C16H20N4O4. The molecule has 8 heteroatoms. The number of nitro groups is 1. The maximum Gasteiger partial charge on any atom is 0.294 e. The number of benzene rings is 1. The van der Waals surface area contributed by atoms with Gasteiger partial charge in [-0.3, -0.25) is 14.9 Å². The Hall–Kier alpha value is -2.74. The molecule has 2 aromatic rings. The van der Waals surface area contributed by atoms with Crippen molar-refractivity contribution in [2.24, 2.45) is 0 Å². The number of hydrogen-bond acceptors (Lipinski definition) is 5. The van der Waals surface area contributed by atoms with Crippen LogP contribution in [0.3, 0.4) is 0 Å². The summed E-state index contributed by atoms with van der Waals surface area (Å²) in [6.07, 6.45) is 3.89. The van der Waals surface area contributed by atoms with Crippen molar-refractivity contribution in [3.63, 3.8) is 0 Å². The maximum absolute atomic E-state index is 12.7. The molecule has 1 N–H and O–H groups in total. The lowest BCUT2D eigenvalue weighted by Crippen LogP contribution is -2.41. The van der Waals surface area contributed by atoms with Crippen LogP contribution in [0.25, 0.3) is 5.69 Å². The average molecular weight is 332 g/mol.